The fourth-order valence-electron chi connectivity index (χ4n) is 3.82. The van der Waals surface area contributed by atoms with Crippen LogP contribution in [-0.4, -0.2) is 34.7 Å². The number of benzene rings is 1. The first-order valence-electron chi connectivity index (χ1n) is 9.03. The van der Waals surface area contributed by atoms with Crippen LogP contribution >= 0.6 is 0 Å². The first-order valence-corrected chi connectivity index (χ1v) is 9.03. The number of nitrogens with zero attached hydrogens (tertiary/aromatic N) is 2. The van der Waals surface area contributed by atoms with Gasteiger partial charge in [0.15, 0.2) is 0 Å². The summed E-state index contributed by atoms with van der Waals surface area (Å²) < 4.78 is 1.77. The third-order valence-corrected chi connectivity index (χ3v) is 5.20. The van der Waals surface area contributed by atoms with Gasteiger partial charge in [-0.1, -0.05) is 0 Å². The van der Waals surface area contributed by atoms with E-state index in [0.717, 1.165) is 41.9 Å². The molecule has 0 bridgehead atoms. The lowest BCUT2D eigenvalue weighted by molar-refractivity contribution is -0.119. The Morgan fingerprint density at radius 1 is 1.31 bits per heavy atom. The summed E-state index contributed by atoms with van der Waals surface area (Å²) in [6, 6.07) is 5.70. The van der Waals surface area contributed by atoms with Crippen molar-refractivity contribution in [3.05, 3.63) is 41.7 Å². The van der Waals surface area contributed by atoms with E-state index in [0.29, 0.717) is 13.0 Å². The molecule has 0 saturated carbocycles. The number of hydrogen-bond acceptors (Lipinski definition) is 4. The van der Waals surface area contributed by atoms with Crippen LogP contribution in [0.1, 0.15) is 29.9 Å². The first kappa shape index (κ1) is 16.8. The Bertz CT molecular complexity index is 844. The Balaban J connectivity index is 1.49. The highest BCUT2D eigenvalue weighted by Crippen LogP contribution is 2.30. The van der Waals surface area contributed by atoms with Crippen LogP contribution in [0.25, 0.3) is 0 Å². The van der Waals surface area contributed by atoms with E-state index in [4.69, 9.17) is 0 Å². The van der Waals surface area contributed by atoms with Crippen molar-refractivity contribution in [2.45, 2.75) is 25.2 Å². The summed E-state index contributed by atoms with van der Waals surface area (Å²) in [4.78, 5) is 24.5. The minimum absolute atomic E-state index is 0.0152. The molecule has 1 aromatic heterocycles. The molecule has 1 fully saturated rings. The van der Waals surface area contributed by atoms with Gasteiger partial charge in [-0.15, -0.1) is 0 Å². The maximum Gasteiger partial charge on any atom is 0.229 e. The maximum atomic E-state index is 12.8. The largest absolute Gasteiger partial charge is 0.326 e. The van der Waals surface area contributed by atoms with Gasteiger partial charge in [0.05, 0.1) is 12.1 Å². The minimum atomic E-state index is -0.127. The Kier molecular flexibility index (Phi) is 4.46. The Morgan fingerprint density at radius 2 is 2.19 bits per heavy atom. The van der Waals surface area contributed by atoms with Crippen LogP contribution in [0.5, 0.6) is 0 Å². The summed E-state index contributed by atoms with van der Waals surface area (Å²) in [5.74, 6) is 0.0693. The van der Waals surface area contributed by atoms with E-state index in [1.807, 2.05) is 37.6 Å². The van der Waals surface area contributed by atoms with Crippen LogP contribution < -0.4 is 16.0 Å². The number of nitrogens with one attached hydrogen (secondary N) is 3. The van der Waals surface area contributed by atoms with Gasteiger partial charge in [-0.3, -0.25) is 14.3 Å². The number of amides is 2. The van der Waals surface area contributed by atoms with Gasteiger partial charge < -0.3 is 16.0 Å². The molecule has 0 radical (unpaired) electrons. The van der Waals surface area contributed by atoms with Crippen molar-refractivity contribution in [3.63, 3.8) is 0 Å². The fourth-order valence-corrected chi connectivity index (χ4v) is 3.82. The Hall–Kier alpha value is -2.67. The number of rotatable bonds is 3. The predicted octanol–water partition coefficient (Wildman–Crippen LogP) is 1.64. The van der Waals surface area contributed by atoms with E-state index in [1.54, 1.807) is 4.68 Å². The van der Waals surface area contributed by atoms with Crippen molar-refractivity contribution in [1.29, 1.82) is 0 Å². The molecule has 1 saturated heterocycles. The van der Waals surface area contributed by atoms with E-state index in [1.165, 1.54) is 0 Å². The van der Waals surface area contributed by atoms with E-state index in [-0.39, 0.29) is 23.7 Å². The summed E-state index contributed by atoms with van der Waals surface area (Å²) >= 11 is 0. The lowest BCUT2D eigenvalue weighted by atomic mass is 9.90. The smallest absolute Gasteiger partial charge is 0.229 e. The topological polar surface area (TPSA) is 88.0 Å². The highest BCUT2D eigenvalue weighted by molar-refractivity contribution is 5.95. The summed E-state index contributed by atoms with van der Waals surface area (Å²) in [7, 11) is 1.88. The monoisotopic (exact) mass is 353 g/mol. The third-order valence-electron chi connectivity index (χ3n) is 5.20. The molecule has 2 amide bonds. The summed E-state index contributed by atoms with van der Waals surface area (Å²) in [6.45, 7) is 1.44. The predicted molar refractivity (Wildman–Crippen MR) is 98.9 cm³/mol. The zero-order valence-electron chi connectivity index (χ0n) is 14.8. The van der Waals surface area contributed by atoms with E-state index in [2.05, 4.69) is 21.0 Å². The molecule has 4 rings (SSSR count). The fraction of sp³-hybridized carbons (Fsp3) is 0.421. The van der Waals surface area contributed by atoms with Gasteiger partial charge in [0.2, 0.25) is 11.8 Å². The van der Waals surface area contributed by atoms with Crippen molar-refractivity contribution in [3.8, 4) is 0 Å². The zero-order chi connectivity index (χ0) is 18.1. The van der Waals surface area contributed by atoms with Crippen molar-refractivity contribution in [2.24, 2.45) is 13.0 Å². The van der Waals surface area contributed by atoms with Crippen molar-refractivity contribution < 1.29 is 9.59 Å². The average molecular weight is 353 g/mol. The van der Waals surface area contributed by atoms with E-state index in [9.17, 15) is 9.59 Å². The number of anilines is 2. The minimum Gasteiger partial charge on any atom is -0.326 e. The van der Waals surface area contributed by atoms with Crippen LogP contribution in [-0.2, 0) is 23.1 Å². The molecular weight excluding hydrogens is 330 g/mol. The van der Waals surface area contributed by atoms with E-state index < -0.39 is 0 Å². The molecule has 0 unspecified atom stereocenters. The number of hydrogen-bond donors (Lipinski definition) is 3. The quantitative estimate of drug-likeness (QED) is 0.783. The molecule has 7 nitrogen and oxygen atoms in total. The van der Waals surface area contributed by atoms with Gasteiger partial charge in [-0.25, -0.2) is 0 Å². The molecule has 2 aliphatic heterocycles. The normalized spacial score (nSPS) is 22.4. The highest BCUT2D eigenvalue weighted by Gasteiger charge is 2.34. The van der Waals surface area contributed by atoms with Crippen LogP contribution in [0, 0.1) is 5.92 Å². The molecular formula is C19H23N5O2. The highest BCUT2D eigenvalue weighted by atomic mass is 16.2. The van der Waals surface area contributed by atoms with Crippen molar-refractivity contribution in [1.82, 2.24) is 15.1 Å². The van der Waals surface area contributed by atoms with Gasteiger partial charge in [0.25, 0.3) is 0 Å². The molecule has 3 heterocycles. The second-order valence-electron chi connectivity index (χ2n) is 7.08. The molecule has 136 valence electrons. The number of aromatic nitrogens is 2. The van der Waals surface area contributed by atoms with Gasteiger partial charge in [0.1, 0.15) is 0 Å². The molecule has 7 heteroatoms. The second-order valence-corrected chi connectivity index (χ2v) is 7.08. The van der Waals surface area contributed by atoms with Crippen molar-refractivity contribution in [2.75, 3.05) is 23.7 Å². The van der Waals surface area contributed by atoms with Gasteiger partial charge >= 0.3 is 0 Å². The average Bonchev–Trinajstić information content (AvgIpc) is 3.21. The van der Waals surface area contributed by atoms with Crippen LogP contribution in [0.4, 0.5) is 11.4 Å². The number of carbonyl (C=O) groups excluding carboxylic acids is 2. The summed E-state index contributed by atoms with van der Waals surface area (Å²) in [5, 5.41) is 13.5. The maximum absolute atomic E-state index is 12.8. The van der Waals surface area contributed by atoms with Crippen LogP contribution in [0.2, 0.25) is 0 Å². The SMILES string of the molecule is Cn1cc([C@H]2CNC[C@@H]2C(=O)Nc2ccc3c(c2)CCCC(=O)N3)cn1. The molecule has 1 aromatic carbocycles. The zero-order valence-corrected chi connectivity index (χ0v) is 14.8. The van der Waals surface area contributed by atoms with Gasteiger partial charge in [-0.05, 0) is 42.2 Å². The molecule has 3 N–H and O–H groups in total. The summed E-state index contributed by atoms with van der Waals surface area (Å²) in [6.07, 6.45) is 6.01. The second kappa shape index (κ2) is 6.92. The molecule has 0 spiro atoms. The van der Waals surface area contributed by atoms with E-state index >= 15 is 0 Å². The molecule has 0 aliphatic carbocycles. The summed E-state index contributed by atoms with van der Waals surface area (Å²) in [5.41, 5.74) is 3.78. The number of carbonyl (C=O) groups is 2. The van der Waals surface area contributed by atoms with Gasteiger partial charge in [0, 0.05) is 50.0 Å². The Labute approximate surface area is 152 Å². The van der Waals surface area contributed by atoms with Gasteiger partial charge in [-0.2, -0.15) is 5.10 Å². The van der Waals surface area contributed by atoms with Crippen molar-refractivity contribution >= 4 is 23.2 Å². The number of aryl methyl sites for hydroxylation is 2. The molecule has 2 aromatic rings. The lowest BCUT2D eigenvalue weighted by Gasteiger charge is -2.18. The first-order chi connectivity index (χ1) is 12.6. The standard InChI is InChI=1S/C19H23N5O2/c1-24-11-13(8-21-24)15-9-20-10-16(15)19(26)22-14-5-6-17-12(7-14)3-2-4-18(25)23-17/h5-8,11,15-16,20H,2-4,9-10H2,1H3,(H,22,26)(H,23,25)/t15-,16+/m1/s1. The molecule has 26 heavy (non-hydrogen) atoms. The molecule has 2 atom stereocenters. The third kappa shape index (κ3) is 3.35. The Morgan fingerprint density at radius 3 is 3.00 bits per heavy atom. The number of fused-ring (bicyclic) bond motifs is 1. The van der Waals surface area contributed by atoms with Crippen LogP contribution in [0.3, 0.4) is 0 Å². The lowest BCUT2D eigenvalue weighted by Crippen LogP contribution is -2.28. The molecule has 2 aliphatic rings. The van der Waals surface area contributed by atoms with Crippen LogP contribution in [0.15, 0.2) is 30.6 Å².